The Morgan fingerprint density at radius 1 is 1.41 bits per heavy atom. The van der Waals surface area contributed by atoms with Crippen molar-refractivity contribution >= 4 is 10.9 Å². The van der Waals surface area contributed by atoms with Gasteiger partial charge in [0, 0.05) is 22.2 Å². The second kappa shape index (κ2) is 3.57. The lowest BCUT2D eigenvalue weighted by atomic mass is 9.99. The topological polar surface area (TPSA) is 54.7 Å². The maximum atomic E-state index is 6.29. The molecular weight excluding hydrogens is 210 g/mol. The molecule has 3 N–H and O–H groups in total. The molecule has 0 aliphatic heterocycles. The highest BCUT2D eigenvalue weighted by atomic mass is 15.1. The number of para-hydroxylation sites is 1. The minimum absolute atomic E-state index is 0.107. The van der Waals surface area contributed by atoms with Crippen LogP contribution in [0, 0.1) is 5.92 Å². The van der Waals surface area contributed by atoms with Crippen molar-refractivity contribution in [2.24, 2.45) is 11.7 Å². The fraction of sp³-hybridized carbons (Fsp3) is 0.500. The van der Waals surface area contributed by atoms with Gasteiger partial charge < -0.3 is 5.73 Å². The largest absolute Gasteiger partial charge is 0.321 e. The molecule has 3 rings (SSSR count). The number of rotatable bonds is 3. The summed E-state index contributed by atoms with van der Waals surface area (Å²) in [7, 11) is 0. The Morgan fingerprint density at radius 2 is 2.18 bits per heavy atom. The molecule has 0 saturated heterocycles. The first-order valence-corrected chi connectivity index (χ1v) is 6.35. The molecule has 0 atom stereocenters. The number of nitrogens with zero attached hydrogens (tertiary/aromatic N) is 1. The molecule has 0 unspecified atom stereocenters. The van der Waals surface area contributed by atoms with Crippen LogP contribution in [0.4, 0.5) is 0 Å². The third kappa shape index (κ3) is 1.75. The molecule has 0 bridgehead atoms. The minimum Gasteiger partial charge on any atom is -0.321 e. The minimum atomic E-state index is -0.107. The predicted octanol–water partition coefficient (Wildman–Crippen LogP) is 2.71. The molecule has 90 valence electrons. The van der Waals surface area contributed by atoms with Gasteiger partial charge in [-0.1, -0.05) is 32.0 Å². The Bertz CT molecular complexity index is 550. The van der Waals surface area contributed by atoms with E-state index in [1.807, 2.05) is 0 Å². The normalized spacial score (nSPS) is 17.9. The van der Waals surface area contributed by atoms with Gasteiger partial charge in [-0.2, -0.15) is 5.10 Å². The SMILES string of the molecule is CC(C)Cc1[nH]nc2c(C3(N)CC3)cccc12. The van der Waals surface area contributed by atoms with Crippen molar-refractivity contribution in [3.63, 3.8) is 0 Å². The van der Waals surface area contributed by atoms with E-state index in [1.54, 1.807) is 0 Å². The molecule has 0 radical (unpaired) electrons. The summed E-state index contributed by atoms with van der Waals surface area (Å²) in [5, 5.41) is 8.90. The Balaban J connectivity index is 2.12. The molecule has 1 aromatic carbocycles. The zero-order chi connectivity index (χ0) is 12.0. The first-order chi connectivity index (χ1) is 8.10. The molecule has 0 amide bonds. The lowest BCUT2D eigenvalue weighted by molar-refractivity contribution is 0.636. The van der Waals surface area contributed by atoms with Crippen LogP contribution in [0.3, 0.4) is 0 Å². The van der Waals surface area contributed by atoms with Gasteiger partial charge >= 0.3 is 0 Å². The number of fused-ring (bicyclic) bond motifs is 1. The second-order valence-electron chi connectivity index (χ2n) is 5.66. The van der Waals surface area contributed by atoms with Gasteiger partial charge in [-0.15, -0.1) is 0 Å². The van der Waals surface area contributed by atoms with Gasteiger partial charge in [-0.05, 0) is 25.2 Å². The summed E-state index contributed by atoms with van der Waals surface area (Å²) in [6.45, 7) is 4.45. The predicted molar refractivity (Wildman–Crippen MR) is 69.7 cm³/mol. The van der Waals surface area contributed by atoms with E-state index < -0.39 is 0 Å². The summed E-state index contributed by atoms with van der Waals surface area (Å²) in [6, 6.07) is 6.37. The lowest BCUT2D eigenvalue weighted by Crippen LogP contribution is -2.18. The number of H-pyrrole nitrogens is 1. The molecule has 3 heteroatoms. The van der Waals surface area contributed by atoms with Crippen molar-refractivity contribution in [1.82, 2.24) is 10.2 Å². The van der Waals surface area contributed by atoms with Crippen molar-refractivity contribution < 1.29 is 0 Å². The molecule has 0 spiro atoms. The molecule has 1 aromatic heterocycles. The molecule has 1 aliphatic rings. The van der Waals surface area contributed by atoms with Gasteiger partial charge in [0.2, 0.25) is 0 Å². The average Bonchev–Trinajstić information content (AvgIpc) is 2.90. The van der Waals surface area contributed by atoms with Gasteiger partial charge in [0.1, 0.15) is 0 Å². The Morgan fingerprint density at radius 3 is 2.82 bits per heavy atom. The smallest absolute Gasteiger partial charge is 0.0974 e. The summed E-state index contributed by atoms with van der Waals surface area (Å²) >= 11 is 0. The Hall–Kier alpha value is -1.35. The third-order valence-corrected chi connectivity index (χ3v) is 3.60. The zero-order valence-electron chi connectivity index (χ0n) is 10.5. The fourth-order valence-electron chi connectivity index (χ4n) is 2.46. The summed E-state index contributed by atoms with van der Waals surface area (Å²) in [5.41, 5.74) is 9.70. The number of nitrogens with one attached hydrogen (secondary N) is 1. The number of aromatic amines is 1. The van der Waals surface area contributed by atoms with E-state index in [-0.39, 0.29) is 5.54 Å². The highest BCUT2D eigenvalue weighted by molar-refractivity contribution is 5.85. The number of benzene rings is 1. The van der Waals surface area contributed by atoms with E-state index in [0.29, 0.717) is 5.92 Å². The van der Waals surface area contributed by atoms with Crippen molar-refractivity contribution in [2.45, 2.75) is 38.6 Å². The van der Waals surface area contributed by atoms with Crippen LogP contribution in [0.1, 0.15) is 37.9 Å². The zero-order valence-corrected chi connectivity index (χ0v) is 10.5. The summed E-state index contributed by atoms with van der Waals surface area (Å²) in [4.78, 5) is 0. The van der Waals surface area contributed by atoms with E-state index in [9.17, 15) is 0 Å². The van der Waals surface area contributed by atoms with Gasteiger partial charge in [0.05, 0.1) is 5.52 Å². The van der Waals surface area contributed by atoms with Crippen LogP contribution in [0.25, 0.3) is 10.9 Å². The molecule has 17 heavy (non-hydrogen) atoms. The Labute approximate surface area is 101 Å². The quantitative estimate of drug-likeness (QED) is 0.850. The third-order valence-electron chi connectivity index (χ3n) is 3.60. The highest BCUT2D eigenvalue weighted by Gasteiger charge is 2.41. The maximum absolute atomic E-state index is 6.29. The molecule has 2 aromatic rings. The first-order valence-electron chi connectivity index (χ1n) is 6.35. The van der Waals surface area contributed by atoms with E-state index in [2.05, 4.69) is 42.2 Å². The van der Waals surface area contributed by atoms with E-state index >= 15 is 0 Å². The van der Waals surface area contributed by atoms with Crippen LogP contribution in [0.2, 0.25) is 0 Å². The summed E-state index contributed by atoms with van der Waals surface area (Å²) in [5.74, 6) is 0.634. The van der Waals surface area contributed by atoms with Crippen LogP contribution in [-0.4, -0.2) is 10.2 Å². The van der Waals surface area contributed by atoms with E-state index in [0.717, 1.165) is 24.8 Å². The summed E-state index contributed by atoms with van der Waals surface area (Å²) < 4.78 is 0. The van der Waals surface area contributed by atoms with Crippen LogP contribution >= 0.6 is 0 Å². The van der Waals surface area contributed by atoms with E-state index in [4.69, 9.17) is 5.73 Å². The maximum Gasteiger partial charge on any atom is 0.0974 e. The van der Waals surface area contributed by atoms with Gasteiger partial charge in [0.25, 0.3) is 0 Å². The number of hydrogen-bond acceptors (Lipinski definition) is 2. The molecule has 3 nitrogen and oxygen atoms in total. The van der Waals surface area contributed by atoms with Crippen molar-refractivity contribution in [3.05, 3.63) is 29.5 Å². The van der Waals surface area contributed by atoms with E-state index in [1.165, 1.54) is 16.6 Å². The first kappa shape index (κ1) is 10.8. The Kier molecular flexibility index (Phi) is 2.26. The highest BCUT2D eigenvalue weighted by Crippen LogP contribution is 2.45. The number of hydrogen-bond donors (Lipinski definition) is 2. The van der Waals surface area contributed by atoms with Crippen LogP contribution in [0.15, 0.2) is 18.2 Å². The van der Waals surface area contributed by atoms with Gasteiger partial charge in [0.15, 0.2) is 0 Å². The van der Waals surface area contributed by atoms with Gasteiger partial charge in [-0.25, -0.2) is 0 Å². The monoisotopic (exact) mass is 229 g/mol. The van der Waals surface area contributed by atoms with Crippen LogP contribution in [-0.2, 0) is 12.0 Å². The second-order valence-corrected chi connectivity index (χ2v) is 5.66. The molecule has 1 saturated carbocycles. The van der Waals surface area contributed by atoms with Crippen LogP contribution in [0.5, 0.6) is 0 Å². The van der Waals surface area contributed by atoms with Crippen molar-refractivity contribution in [2.75, 3.05) is 0 Å². The average molecular weight is 229 g/mol. The van der Waals surface area contributed by atoms with Crippen LogP contribution < -0.4 is 5.73 Å². The lowest BCUT2D eigenvalue weighted by Gasteiger charge is -2.09. The summed E-state index contributed by atoms with van der Waals surface area (Å²) in [6.07, 6.45) is 3.20. The molecular formula is C14H19N3. The number of aromatic nitrogens is 2. The number of nitrogens with two attached hydrogens (primary N) is 1. The van der Waals surface area contributed by atoms with Gasteiger partial charge in [-0.3, -0.25) is 5.10 Å². The fourth-order valence-corrected chi connectivity index (χ4v) is 2.46. The molecule has 1 heterocycles. The van der Waals surface area contributed by atoms with Crippen molar-refractivity contribution in [3.8, 4) is 0 Å². The standard InChI is InChI=1S/C14H19N3/c1-9(2)8-12-10-4-3-5-11(13(10)17-16-12)14(15)6-7-14/h3-5,9H,6-8,15H2,1-2H3,(H,16,17). The molecule has 1 aliphatic carbocycles. The van der Waals surface area contributed by atoms with Crippen molar-refractivity contribution in [1.29, 1.82) is 0 Å². The molecule has 1 fully saturated rings.